The molecule has 0 atom stereocenters. The van der Waals surface area contributed by atoms with E-state index in [1.807, 2.05) is 13.0 Å². The summed E-state index contributed by atoms with van der Waals surface area (Å²) in [5.74, 6) is 0.112. The summed E-state index contributed by atoms with van der Waals surface area (Å²) in [5, 5.41) is 9.59. The highest BCUT2D eigenvalue weighted by Crippen LogP contribution is 2.37. The van der Waals surface area contributed by atoms with E-state index in [0.717, 1.165) is 23.1 Å². The summed E-state index contributed by atoms with van der Waals surface area (Å²) in [4.78, 5) is 0. The fourth-order valence-corrected chi connectivity index (χ4v) is 2.16. The molecule has 0 saturated carbocycles. The second kappa shape index (κ2) is 8.76. The molecular formula is C22H34O. The van der Waals surface area contributed by atoms with Gasteiger partial charge in [0.25, 0.3) is 0 Å². The number of aliphatic hydroxyl groups is 1. The second-order valence-electron chi connectivity index (χ2n) is 6.94. The Balaban J connectivity index is 5.83. The zero-order valence-corrected chi connectivity index (χ0v) is 16.3. The van der Waals surface area contributed by atoms with Crippen LogP contribution in [0, 0.1) is 5.41 Å². The quantitative estimate of drug-likeness (QED) is 0.388. The summed E-state index contributed by atoms with van der Waals surface area (Å²) in [6.07, 6.45) is 7.30. The molecule has 0 aromatic rings. The molecule has 0 unspecified atom stereocenters. The van der Waals surface area contributed by atoms with E-state index in [1.54, 1.807) is 0 Å². The molecule has 0 radical (unpaired) electrons. The first-order valence-corrected chi connectivity index (χ1v) is 8.24. The van der Waals surface area contributed by atoms with E-state index in [2.05, 4.69) is 73.8 Å². The predicted octanol–water partition coefficient (Wildman–Crippen LogP) is 7.23. The van der Waals surface area contributed by atoms with Gasteiger partial charge in [-0.1, -0.05) is 57.7 Å². The van der Waals surface area contributed by atoms with Gasteiger partial charge in [-0.25, -0.2) is 0 Å². The van der Waals surface area contributed by atoms with E-state index in [4.69, 9.17) is 0 Å². The highest BCUT2D eigenvalue weighted by atomic mass is 16.3. The maximum absolute atomic E-state index is 9.59. The topological polar surface area (TPSA) is 20.2 Å². The predicted molar refractivity (Wildman–Crippen MR) is 105 cm³/mol. The lowest BCUT2D eigenvalue weighted by Gasteiger charge is -2.29. The van der Waals surface area contributed by atoms with Gasteiger partial charge < -0.3 is 5.11 Å². The Morgan fingerprint density at radius 3 is 1.87 bits per heavy atom. The third-order valence-electron chi connectivity index (χ3n) is 4.51. The van der Waals surface area contributed by atoms with Gasteiger partial charge >= 0.3 is 0 Å². The maximum Gasteiger partial charge on any atom is 0.111 e. The molecule has 0 saturated heterocycles. The Morgan fingerprint density at radius 2 is 1.48 bits per heavy atom. The number of hydrogen-bond donors (Lipinski definition) is 1. The van der Waals surface area contributed by atoms with E-state index in [0.29, 0.717) is 0 Å². The summed E-state index contributed by atoms with van der Waals surface area (Å²) >= 11 is 0. The molecule has 23 heavy (non-hydrogen) atoms. The van der Waals surface area contributed by atoms with Crippen LogP contribution in [0.25, 0.3) is 0 Å². The fourth-order valence-electron chi connectivity index (χ4n) is 2.16. The Bertz CT molecular complexity index is 585. The first-order chi connectivity index (χ1) is 10.4. The van der Waals surface area contributed by atoms with Gasteiger partial charge in [-0.15, -0.1) is 0 Å². The lowest BCUT2D eigenvalue weighted by Crippen LogP contribution is -2.16. The molecule has 128 valence electrons. The van der Waals surface area contributed by atoms with Gasteiger partial charge in [0.2, 0.25) is 0 Å². The van der Waals surface area contributed by atoms with Crippen LogP contribution < -0.4 is 0 Å². The van der Waals surface area contributed by atoms with Crippen LogP contribution in [-0.2, 0) is 0 Å². The van der Waals surface area contributed by atoms with Crippen LogP contribution in [0.5, 0.6) is 0 Å². The summed E-state index contributed by atoms with van der Waals surface area (Å²) in [5.41, 5.74) is 6.65. The Morgan fingerprint density at radius 1 is 0.957 bits per heavy atom. The molecule has 0 rings (SSSR count). The zero-order valence-electron chi connectivity index (χ0n) is 16.3. The van der Waals surface area contributed by atoms with Crippen molar-refractivity contribution in [3.63, 3.8) is 0 Å². The van der Waals surface area contributed by atoms with Crippen molar-refractivity contribution in [3.05, 3.63) is 70.6 Å². The molecule has 1 N–H and O–H groups in total. The van der Waals surface area contributed by atoms with Crippen molar-refractivity contribution in [1.82, 2.24) is 0 Å². The summed E-state index contributed by atoms with van der Waals surface area (Å²) in [6, 6.07) is 0. The van der Waals surface area contributed by atoms with Crippen molar-refractivity contribution >= 4 is 0 Å². The smallest absolute Gasteiger partial charge is 0.111 e. The van der Waals surface area contributed by atoms with Crippen molar-refractivity contribution < 1.29 is 5.11 Å². The normalized spacial score (nSPS) is 13.8. The second-order valence-corrected chi connectivity index (χ2v) is 6.94. The highest BCUT2D eigenvalue weighted by molar-refractivity contribution is 5.45. The average molecular weight is 315 g/mol. The Kier molecular flexibility index (Phi) is 8.09. The number of allylic oxidation sites excluding steroid dienone is 9. The van der Waals surface area contributed by atoms with Gasteiger partial charge in [0.1, 0.15) is 5.76 Å². The van der Waals surface area contributed by atoms with E-state index < -0.39 is 0 Å². The van der Waals surface area contributed by atoms with E-state index in [-0.39, 0.29) is 11.2 Å². The van der Waals surface area contributed by atoms with Gasteiger partial charge in [0.05, 0.1) is 0 Å². The van der Waals surface area contributed by atoms with Crippen molar-refractivity contribution in [2.45, 2.75) is 61.8 Å². The first-order valence-electron chi connectivity index (χ1n) is 8.24. The lowest BCUT2D eigenvalue weighted by molar-refractivity contribution is 0.425. The Hall–Kier alpha value is -1.76. The van der Waals surface area contributed by atoms with E-state index >= 15 is 0 Å². The summed E-state index contributed by atoms with van der Waals surface area (Å²) in [6.45, 7) is 24.8. The Labute approximate surface area is 143 Å². The van der Waals surface area contributed by atoms with Crippen LogP contribution in [0.1, 0.15) is 61.8 Å². The van der Waals surface area contributed by atoms with Crippen LogP contribution in [0.15, 0.2) is 70.6 Å². The van der Waals surface area contributed by atoms with E-state index in [9.17, 15) is 5.11 Å². The van der Waals surface area contributed by atoms with Crippen molar-refractivity contribution in [1.29, 1.82) is 0 Å². The molecular weight excluding hydrogens is 280 g/mol. The molecule has 0 amide bonds. The van der Waals surface area contributed by atoms with E-state index in [1.165, 1.54) is 16.7 Å². The lowest BCUT2D eigenvalue weighted by atomic mass is 9.75. The van der Waals surface area contributed by atoms with Crippen molar-refractivity contribution in [2.24, 2.45) is 5.41 Å². The maximum atomic E-state index is 9.59. The SMILES string of the molecule is C=C(O)/C(C)=C\C(=C/CC)C(C)(C)C(=C)/C=C(/C)C(C)=C(C)C. The number of rotatable bonds is 7. The summed E-state index contributed by atoms with van der Waals surface area (Å²) in [7, 11) is 0. The summed E-state index contributed by atoms with van der Waals surface area (Å²) < 4.78 is 0. The van der Waals surface area contributed by atoms with Crippen LogP contribution >= 0.6 is 0 Å². The standard InChI is InChI=1S/C22H34O/c1-11-12-21(14-17(5)20(8)23)22(9,10)18(6)13-16(4)19(7)15(2)3/h12-14,23H,6,8,11H2,1-5,7,9-10H3/b16-13-,17-14-,21-12+. The zero-order chi connectivity index (χ0) is 18.4. The van der Waals surface area contributed by atoms with Gasteiger partial charge in [-0.05, 0) is 68.9 Å². The third kappa shape index (κ3) is 6.09. The van der Waals surface area contributed by atoms with Gasteiger partial charge in [-0.3, -0.25) is 0 Å². The molecule has 1 heteroatoms. The van der Waals surface area contributed by atoms with Crippen LogP contribution in [0.4, 0.5) is 0 Å². The molecule has 0 fully saturated rings. The number of aliphatic hydroxyl groups excluding tert-OH is 1. The molecule has 0 spiro atoms. The fraction of sp³-hybridized carbons (Fsp3) is 0.455. The third-order valence-corrected chi connectivity index (χ3v) is 4.51. The largest absolute Gasteiger partial charge is 0.508 e. The minimum Gasteiger partial charge on any atom is -0.508 e. The number of hydrogen-bond acceptors (Lipinski definition) is 1. The van der Waals surface area contributed by atoms with Gasteiger partial charge in [0.15, 0.2) is 0 Å². The molecule has 0 aromatic heterocycles. The molecule has 0 aromatic carbocycles. The average Bonchev–Trinajstić information content (AvgIpc) is 2.45. The molecule has 0 aliphatic rings. The minimum atomic E-state index is -0.212. The molecule has 0 aliphatic carbocycles. The molecule has 0 aliphatic heterocycles. The van der Waals surface area contributed by atoms with Crippen LogP contribution in [0.2, 0.25) is 0 Å². The van der Waals surface area contributed by atoms with Crippen molar-refractivity contribution in [2.75, 3.05) is 0 Å². The van der Waals surface area contributed by atoms with Gasteiger partial charge in [-0.2, -0.15) is 0 Å². The molecule has 1 nitrogen and oxygen atoms in total. The van der Waals surface area contributed by atoms with Crippen molar-refractivity contribution in [3.8, 4) is 0 Å². The minimum absolute atomic E-state index is 0.112. The molecule has 0 bridgehead atoms. The molecule has 0 heterocycles. The first kappa shape index (κ1) is 21.2. The highest BCUT2D eigenvalue weighted by Gasteiger charge is 2.24. The van der Waals surface area contributed by atoms with Crippen LogP contribution in [0.3, 0.4) is 0 Å². The van der Waals surface area contributed by atoms with Gasteiger partial charge in [0, 0.05) is 5.41 Å². The van der Waals surface area contributed by atoms with Crippen LogP contribution in [-0.4, -0.2) is 5.11 Å². The monoisotopic (exact) mass is 314 g/mol.